The number of para-hydroxylation sites is 1. The lowest BCUT2D eigenvalue weighted by atomic mass is 10.2. The minimum Gasteiger partial charge on any atom is -0.437 e. The number of nitrogens with two attached hydrogens (primary N) is 1. The van der Waals surface area contributed by atoms with Crippen molar-refractivity contribution in [3.05, 3.63) is 44.1 Å². The van der Waals surface area contributed by atoms with Gasteiger partial charge in [0.1, 0.15) is 5.75 Å². The Hall–Kier alpha value is -0.820. The first-order valence-corrected chi connectivity index (χ1v) is 6.79. The zero-order valence-corrected chi connectivity index (χ0v) is 12.8. The van der Waals surface area contributed by atoms with Gasteiger partial charge in [0, 0.05) is 0 Å². The summed E-state index contributed by atoms with van der Waals surface area (Å²) < 4.78 is 7.58. The highest BCUT2D eigenvalue weighted by molar-refractivity contribution is 14.1. The van der Waals surface area contributed by atoms with E-state index in [1.807, 2.05) is 31.2 Å². The van der Waals surface area contributed by atoms with Crippen molar-refractivity contribution in [1.29, 1.82) is 0 Å². The smallest absolute Gasteiger partial charge is 0.234 e. The summed E-state index contributed by atoms with van der Waals surface area (Å²) >= 11 is 5.66. The van der Waals surface area contributed by atoms with E-state index in [0.717, 1.165) is 19.4 Å². The SMILES string of the molecule is Cc1c(N)cnc(Oc2ccccc2I)c1Br. The minimum atomic E-state index is 0.529. The summed E-state index contributed by atoms with van der Waals surface area (Å²) in [5, 5.41) is 0. The predicted molar refractivity (Wildman–Crippen MR) is 80.3 cm³/mol. The summed E-state index contributed by atoms with van der Waals surface area (Å²) in [6, 6.07) is 7.77. The van der Waals surface area contributed by atoms with E-state index < -0.39 is 0 Å². The Bertz CT molecular complexity index is 560. The Morgan fingerprint density at radius 1 is 1.35 bits per heavy atom. The molecule has 2 N–H and O–H groups in total. The molecule has 0 saturated heterocycles. The Kier molecular flexibility index (Phi) is 3.88. The second kappa shape index (κ2) is 5.22. The van der Waals surface area contributed by atoms with Crippen LogP contribution in [0.1, 0.15) is 5.56 Å². The van der Waals surface area contributed by atoms with E-state index in [1.54, 1.807) is 6.20 Å². The first kappa shape index (κ1) is 12.6. The summed E-state index contributed by atoms with van der Waals surface area (Å²) in [4.78, 5) is 4.18. The summed E-state index contributed by atoms with van der Waals surface area (Å²) in [6.45, 7) is 1.92. The Morgan fingerprint density at radius 2 is 2.06 bits per heavy atom. The Labute approximate surface area is 122 Å². The van der Waals surface area contributed by atoms with Crippen LogP contribution in [0.3, 0.4) is 0 Å². The third-order valence-corrected chi connectivity index (χ3v) is 4.14. The van der Waals surface area contributed by atoms with E-state index in [-0.39, 0.29) is 0 Å². The highest BCUT2D eigenvalue weighted by atomic mass is 127. The van der Waals surface area contributed by atoms with Crippen molar-refractivity contribution in [2.75, 3.05) is 5.73 Å². The summed E-state index contributed by atoms with van der Waals surface area (Å²) in [7, 11) is 0. The summed E-state index contributed by atoms with van der Waals surface area (Å²) in [5.41, 5.74) is 7.34. The molecule has 3 nitrogen and oxygen atoms in total. The maximum atomic E-state index is 5.76. The molecule has 0 aliphatic heterocycles. The van der Waals surface area contributed by atoms with Crippen LogP contribution in [0.5, 0.6) is 11.6 Å². The van der Waals surface area contributed by atoms with Crippen molar-refractivity contribution in [2.24, 2.45) is 0 Å². The van der Waals surface area contributed by atoms with E-state index in [0.29, 0.717) is 11.6 Å². The molecule has 0 saturated carbocycles. The van der Waals surface area contributed by atoms with Crippen molar-refractivity contribution in [3.8, 4) is 11.6 Å². The van der Waals surface area contributed by atoms with Gasteiger partial charge in [-0.3, -0.25) is 0 Å². The quantitative estimate of drug-likeness (QED) is 0.765. The van der Waals surface area contributed by atoms with E-state index in [4.69, 9.17) is 10.5 Å². The molecule has 0 radical (unpaired) electrons. The number of nitrogens with zero attached hydrogens (tertiary/aromatic N) is 1. The molecule has 0 unspecified atom stereocenters. The van der Waals surface area contributed by atoms with E-state index >= 15 is 0 Å². The maximum Gasteiger partial charge on any atom is 0.234 e. The van der Waals surface area contributed by atoms with Crippen LogP contribution in [0.4, 0.5) is 5.69 Å². The lowest BCUT2D eigenvalue weighted by Gasteiger charge is -2.10. The number of pyridine rings is 1. The van der Waals surface area contributed by atoms with Gasteiger partial charge in [-0.25, -0.2) is 4.98 Å². The van der Waals surface area contributed by atoms with Gasteiger partial charge in [0.15, 0.2) is 0 Å². The number of aromatic nitrogens is 1. The van der Waals surface area contributed by atoms with Gasteiger partial charge in [-0.1, -0.05) is 12.1 Å². The Morgan fingerprint density at radius 3 is 2.76 bits per heavy atom. The third-order valence-electron chi connectivity index (χ3n) is 2.31. The largest absolute Gasteiger partial charge is 0.437 e. The molecule has 0 atom stereocenters. The van der Waals surface area contributed by atoms with E-state index in [2.05, 4.69) is 43.5 Å². The average Bonchev–Trinajstić information content (AvgIpc) is 2.32. The first-order valence-electron chi connectivity index (χ1n) is 4.92. The molecule has 0 spiro atoms. The average molecular weight is 405 g/mol. The lowest BCUT2D eigenvalue weighted by molar-refractivity contribution is 0.456. The molecule has 0 aliphatic carbocycles. The number of ether oxygens (including phenoxy) is 1. The fourth-order valence-electron chi connectivity index (χ4n) is 1.27. The molecular weight excluding hydrogens is 395 g/mol. The third kappa shape index (κ3) is 2.71. The van der Waals surface area contributed by atoms with Crippen LogP contribution in [0.15, 0.2) is 34.9 Å². The number of hydrogen-bond acceptors (Lipinski definition) is 3. The molecule has 0 fully saturated rings. The highest BCUT2D eigenvalue weighted by Crippen LogP contribution is 2.33. The van der Waals surface area contributed by atoms with Crippen LogP contribution in [-0.4, -0.2) is 4.98 Å². The number of rotatable bonds is 2. The van der Waals surface area contributed by atoms with Crippen LogP contribution >= 0.6 is 38.5 Å². The molecule has 88 valence electrons. The van der Waals surface area contributed by atoms with Crippen molar-refractivity contribution in [1.82, 2.24) is 4.98 Å². The normalized spacial score (nSPS) is 10.3. The molecule has 0 amide bonds. The molecule has 1 heterocycles. The lowest BCUT2D eigenvalue weighted by Crippen LogP contribution is -1.97. The van der Waals surface area contributed by atoms with Crippen LogP contribution < -0.4 is 10.5 Å². The molecule has 1 aromatic carbocycles. The first-order chi connectivity index (χ1) is 8.09. The molecular formula is C12H10BrIN2O. The summed E-state index contributed by atoms with van der Waals surface area (Å²) in [5.74, 6) is 1.31. The second-order valence-electron chi connectivity index (χ2n) is 3.49. The highest BCUT2D eigenvalue weighted by Gasteiger charge is 2.10. The van der Waals surface area contributed by atoms with Crippen molar-refractivity contribution < 1.29 is 4.74 Å². The van der Waals surface area contributed by atoms with Crippen LogP contribution in [0, 0.1) is 10.5 Å². The standard InChI is InChI=1S/C12H10BrIN2O/c1-7-9(15)6-16-12(11(7)13)17-10-5-3-2-4-8(10)14/h2-6H,15H2,1H3. The van der Waals surface area contributed by atoms with Gasteiger partial charge in [0.05, 0.1) is 19.9 Å². The van der Waals surface area contributed by atoms with Crippen molar-refractivity contribution in [2.45, 2.75) is 6.92 Å². The van der Waals surface area contributed by atoms with Crippen LogP contribution in [0.2, 0.25) is 0 Å². The molecule has 5 heteroatoms. The van der Waals surface area contributed by atoms with Crippen molar-refractivity contribution in [3.63, 3.8) is 0 Å². The molecule has 2 aromatic rings. The van der Waals surface area contributed by atoms with Crippen LogP contribution in [-0.2, 0) is 0 Å². The molecule has 1 aromatic heterocycles. The summed E-state index contributed by atoms with van der Waals surface area (Å²) in [6.07, 6.45) is 1.60. The van der Waals surface area contributed by atoms with Gasteiger partial charge >= 0.3 is 0 Å². The molecule has 0 bridgehead atoms. The van der Waals surface area contributed by atoms with E-state index in [1.165, 1.54) is 0 Å². The maximum absolute atomic E-state index is 5.76. The number of hydrogen-bond donors (Lipinski definition) is 1. The number of halogens is 2. The number of anilines is 1. The fourth-order valence-corrected chi connectivity index (χ4v) is 2.18. The Balaban J connectivity index is 2.38. The molecule has 17 heavy (non-hydrogen) atoms. The number of nitrogen functional groups attached to an aromatic ring is 1. The van der Waals surface area contributed by atoms with Gasteiger partial charge in [-0.05, 0) is 63.1 Å². The van der Waals surface area contributed by atoms with Crippen LogP contribution in [0.25, 0.3) is 0 Å². The van der Waals surface area contributed by atoms with Crippen molar-refractivity contribution >= 4 is 44.2 Å². The van der Waals surface area contributed by atoms with Gasteiger partial charge in [-0.2, -0.15) is 0 Å². The zero-order chi connectivity index (χ0) is 12.4. The minimum absolute atomic E-state index is 0.529. The molecule has 2 rings (SSSR count). The van der Waals surface area contributed by atoms with Gasteiger partial charge in [-0.15, -0.1) is 0 Å². The van der Waals surface area contributed by atoms with Gasteiger partial charge in [0.25, 0.3) is 0 Å². The monoisotopic (exact) mass is 404 g/mol. The zero-order valence-electron chi connectivity index (χ0n) is 9.08. The second-order valence-corrected chi connectivity index (χ2v) is 5.45. The van der Waals surface area contributed by atoms with Gasteiger partial charge < -0.3 is 10.5 Å². The topological polar surface area (TPSA) is 48.1 Å². The predicted octanol–water partition coefficient (Wildman–Crippen LogP) is 4.13. The number of benzene rings is 1. The van der Waals surface area contributed by atoms with Gasteiger partial charge in [0.2, 0.25) is 5.88 Å². The fraction of sp³-hybridized carbons (Fsp3) is 0.0833. The van der Waals surface area contributed by atoms with E-state index in [9.17, 15) is 0 Å². The molecule has 0 aliphatic rings.